The highest BCUT2D eigenvalue weighted by Crippen LogP contribution is 2.17. The van der Waals surface area contributed by atoms with Gasteiger partial charge in [0.15, 0.2) is 0 Å². The van der Waals surface area contributed by atoms with Gasteiger partial charge in [0.25, 0.3) is 0 Å². The number of hydrogen-bond donors (Lipinski definition) is 1. The molecular formula is C18H29N3OS. The number of benzene rings is 1. The average molecular weight is 336 g/mol. The lowest BCUT2D eigenvalue weighted by molar-refractivity contribution is -0.120. The van der Waals surface area contributed by atoms with Crippen LogP contribution in [0.25, 0.3) is 0 Å². The van der Waals surface area contributed by atoms with Crippen LogP contribution in [0.3, 0.4) is 0 Å². The van der Waals surface area contributed by atoms with Gasteiger partial charge in [0.1, 0.15) is 0 Å². The Morgan fingerprint density at radius 1 is 1.17 bits per heavy atom. The maximum Gasteiger partial charge on any atom is 0.232 e. The zero-order valence-corrected chi connectivity index (χ0v) is 15.3. The fourth-order valence-electron chi connectivity index (χ4n) is 2.65. The topological polar surface area (TPSA) is 35.6 Å². The van der Waals surface area contributed by atoms with Gasteiger partial charge in [-0.05, 0) is 26.5 Å². The van der Waals surface area contributed by atoms with Gasteiger partial charge >= 0.3 is 0 Å². The fraction of sp³-hybridized carbons (Fsp3) is 0.611. The highest BCUT2D eigenvalue weighted by Gasteiger charge is 2.20. The molecule has 1 N–H and O–H groups in total. The summed E-state index contributed by atoms with van der Waals surface area (Å²) in [6.07, 6.45) is 0. The van der Waals surface area contributed by atoms with E-state index in [1.54, 1.807) is 11.8 Å². The van der Waals surface area contributed by atoms with Crippen molar-refractivity contribution in [2.24, 2.45) is 0 Å². The standard InChI is InChI=1S/C18H29N3OS/c1-15(21-11-9-20(3)10-12-21)13-19-18(22)16(2)23-14-17-7-5-4-6-8-17/h4-8,15-16H,9-14H2,1-3H3,(H,19,22)/t15-,16-/m0/s1. The third-order valence-electron chi connectivity index (χ3n) is 4.44. The second-order valence-corrected chi connectivity index (χ2v) is 7.70. The zero-order valence-electron chi connectivity index (χ0n) is 14.5. The van der Waals surface area contributed by atoms with E-state index in [4.69, 9.17) is 0 Å². The van der Waals surface area contributed by atoms with Crippen molar-refractivity contribution < 1.29 is 4.79 Å². The molecule has 0 spiro atoms. The molecule has 1 aromatic carbocycles. The summed E-state index contributed by atoms with van der Waals surface area (Å²) in [5.74, 6) is 1.02. The van der Waals surface area contributed by atoms with Crippen LogP contribution in [0.2, 0.25) is 0 Å². The molecule has 0 saturated carbocycles. The molecule has 1 heterocycles. The molecule has 1 amide bonds. The van der Waals surface area contributed by atoms with Crippen molar-refractivity contribution in [2.75, 3.05) is 39.8 Å². The molecule has 1 aliphatic heterocycles. The lowest BCUT2D eigenvalue weighted by atomic mass is 10.2. The minimum Gasteiger partial charge on any atom is -0.354 e. The summed E-state index contributed by atoms with van der Waals surface area (Å²) in [5.41, 5.74) is 1.27. The monoisotopic (exact) mass is 335 g/mol. The molecule has 0 bridgehead atoms. The van der Waals surface area contributed by atoms with Gasteiger partial charge in [-0.3, -0.25) is 9.69 Å². The van der Waals surface area contributed by atoms with Gasteiger partial charge in [0.05, 0.1) is 5.25 Å². The number of rotatable bonds is 7. The van der Waals surface area contributed by atoms with Gasteiger partial charge < -0.3 is 10.2 Å². The van der Waals surface area contributed by atoms with Crippen molar-refractivity contribution >= 4 is 17.7 Å². The van der Waals surface area contributed by atoms with Crippen LogP contribution < -0.4 is 5.32 Å². The number of likely N-dealkylation sites (N-methyl/N-ethyl adjacent to an activating group) is 1. The molecule has 0 aromatic heterocycles. The van der Waals surface area contributed by atoms with Crippen LogP contribution >= 0.6 is 11.8 Å². The van der Waals surface area contributed by atoms with E-state index in [1.807, 2.05) is 25.1 Å². The molecule has 1 fully saturated rings. The van der Waals surface area contributed by atoms with E-state index >= 15 is 0 Å². The Balaban J connectivity index is 1.67. The number of thioether (sulfide) groups is 1. The molecule has 0 radical (unpaired) electrons. The predicted molar refractivity (Wildman–Crippen MR) is 98.7 cm³/mol. The van der Waals surface area contributed by atoms with Crippen molar-refractivity contribution in [3.8, 4) is 0 Å². The van der Waals surface area contributed by atoms with Gasteiger partial charge in [-0.1, -0.05) is 30.3 Å². The first-order chi connectivity index (χ1) is 11.1. The Morgan fingerprint density at radius 3 is 2.48 bits per heavy atom. The minimum atomic E-state index is -0.0186. The zero-order chi connectivity index (χ0) is 16.7. The molecule has 23 heavy (non-hydrogen) atoms. The van der Waals surface area contributed by atoms with Gasteiger partial charge in [0, 0.05) is 44.5 Å². The first-order valence-corrected chi connectivity index (χ1v) is 9.47. The summed E-state index contributed by atoms with van der Waals surface area (Å²) in [7, 11) is 2.16. The highest BCUT2D eigenvalue weighted by atomic mass is 32.2. The Bertz CT molecular complexity index is 474. The molecule has 0 unspecified atom stereocenters. The van der Waals surface area contributed by atoms with E-state index in [0.717, 1.165) is 38.5 Å². The van der Waals surface area contributed by atoms with Crippen LogP contribution in [0.1, 0.15) is 19.4 Å². The molecule has 128 valence electrons. The first-order valence-electron chi connectivity index (χ1n) is 8.42. The first kappa shape index (κ1) is 18.3. The smallest absolute Gasteiger partial charge is 0.232 e. The van der Waals surface area contributed by atoms with Crippen LogP contribution in [-0.4, -0.2) is 66.8 Å². The molecule has 1 saturated heterocycles. The fourth-order valence-corrected chi connectivity index (χ4v) is 3.52. The quantitative estimate of drug-likeness (QED) is 0.827. The van der Waals surface area contributed by atoms with E-state index in [1.165, 1.54) is 5.56 Å². The molecular weight excluding hydrogens is 306 g/mol. The predicted octanol–water partition coefficient (Wildman–Crippen LogP) is 2.06. The number of carbonyl (C=O) groups is 1. The summed E-state index contributed by atoms with van der Waals surface area (Å²) in [5, 5.41) is 3.09. The number of amides is 1. The third kappa shape index (κ3) is 6.16. The third-order valence-corrected chi connectivity index (χ3v) is 5.66. The van der Waals surface area contributed by atoms with E-state index in [0.29, 0.717) is 6.04 Å². The largest absolute Gasteiger partial charge is 0.354 e. The minimum absolute atomic E-state index is 0.0186. The van der Waals surface area contributed by atoms with Crippen LogP contribution in [0.4, 0.5) is 0 Å². The van der Waals surface area contributed by atoms with Crippen LogP contribution in [0.5, 0.6) is 0 Å². The van der Waals surface area contributed by atoms with Crippen molar-refractivity contribution in [2.45, 2.75) is 30.9 Å². The molecule has 0 aliphatic carbocycles. The number of carbonyl (C=O) groups excluding carboxylic acids is 1. The Labute approximate surface area is 144 Å². The van der Waals surface area contributed by atoms with Gasteiger partial charge in [0.2, 0.25) is 5.91 Å². The molecule has 2 atom stereocenters. The Kier molecular flexibility index (Phi) is 7.40. The number of piperazine rings is 1. The number of nitrogens with zero attached hydrogens (tertiary/aromatic N) is 2. The molecule has 4 nitrogen and oxygen atoms in total. The van der Waals surface area contributed by atoms with E-state index in [-0.39, 0.29) is 11.2 Å². The van der Waals surface area contributed by atoms with E-state index in [9.17, 15) is 4.79 Å². The SMILES string of the molecule is C[C@H](SCc1ccccc1)C(=O)NC[C@H](C)N1CCN(C)CC1. The van der Waals surface area contributed by atoms with Crippen molar-refractivity contribution in [1.82, 2.24) is 15.1 Å². The van der Waals surface area contributed by atoms with Crippen LogP contribution in [-0.2, 0) is 10.5 Å². The molecule has 5 heteroatoms. The average Bonchev–Trinajstić information content (AvgIpc) is 2.58. The normalized spacial score (nSPS) is 19.3. The summed E-state index contributed by atoms with van der Waals surface area (Å²) >= 11 is 1.69. The van der Waals surface area contributed by atoms with Crippen LogP contribution in [0.15, 0.2) is 30.3 Å². The maximum atomic E-state index is 12.2. The van der Waals surface area contributed by atoms with Gasteiger partial charge in [-0.15, -0.1) is 11.8 Å². The summed E-state index contributed by atoms with van der Waals surface area (Å²) < 4.78 is 0. The summed E-state index contributed by atoms with van der Waals surface area (Å²) in [4.78, 5) is 17.1. The van der Waals surface area contributed by atoms with E-state index in [2.05, 4.69) is 41.2 Å². The lowest BCUT2D eigenvalue weighted by Gasteiger charge is -2.36. The maximum absolute atomic E-state index is 12.2. The lowest BCUT2D eigenvalue weighted by Crippen LogP contribution is -2.51. The molecule has 1 aromatic rings. The second-order valence-electron chi connectivity index (χ2n) is 6.37. The van der Waals surface area contributed by atoms with E-state index < -0.39 is 0 Å². The van der Waals surface area contributed by atoms with Crippen molar-refractivity contribution in [3.63, 3.8) is 0 Å². The Morgan fingerprint density at radius 2 is 1.83 bits per heavy atom. The highest BCUT2D eigenvalue weighted by molar-refractivity contribution is 7.99. The number of nitrogens with one attached hydrogen (secondary N) is 1. The molecule has 1 aliphatic rings. The summed E-state index contributed by atoms with van der Waals surface area (Å²) in [6, 6.07) is 10.7. The summed E-state index contributed by atoms with van der Waals surface area (Å²) in [6.45, 7) is 9.33. The molecule has 2 rings (SSSR count). The number of hydrogen-bond acceptors (Lipinski definition) is 4. The Hall–Kier alpha value is -1.04. The van der Waals surface area contributed by atoms with Crippen LogP contribution in [0, 0.1) is 0 Å². The van der Waals surface area contributed by atoms with Crippen molar-refractivity contribution in [1.29, 1.82) is 0 Å². The van der Waals surface area contributed by atoms with Gasteiger partial charge in [-0.25, -0.2) is 0 Å². The van der Waals surface area contributed by atoms with Gasteiger partial charge in [-0.2, -0.15) is 0 Å². The van der Waals surface area contributed by atoms with Crippen molar-refractivity contribution in [3.05, 3.63) is 35.9 Å². The second kappa shape index (κ2) is 9.30.